The fourth-order valence-electron chi connectivity index (χ4n) is 4.78. The Hall–Kier alpha value is -4.16. The lowest BCUT2D eigenvalue weighted by atomic mass is 10.1. The van der Waals surface area contributed by atoms with Crippen molar-refractivity contribution in [1.29, 1.82) is 0 Å². The van der Waals surface area contributed by atoms with Gasteiger partial charge in [-0.2, -0.15) is 0 Å². The van der Waals surface area contributed by atoms with Crippen molar-refractivity contribution in [2.75, 3.05) is 39.3 Å². The second-order valence-electron chi connectivity index (χ2n) is 11.4. The molecule has 3 rings (SSSR count). The molecule has 250 valence electrons. The van der Waals surface area contributed by atoms with Crippen LogP contribution in [0.1, 0.15) is 39.7 Å². The summed E-state index contributed by atoms with van der Waals surface area (Å²) >= 11 is 6.34. The molecule has 0 saturated carbocycles. The number of carbonyl (C=O) groups is 2. The van der Waals surface area contributed by atoms with E-state index in [0.29, 0.717) is 17.1 Å². The van der Waals surface area contributed by atoms with Gasteiger partial charge in [-0.05, 0) is 75.2 Å². The van der Waals surface area contributed by atoms with Gasteiger partial charge in [0.25, 0.3) is 10.0 Å². The third kappa shape index (κ3) is 8.76. The van der Waals surface area contributed by atoms with Crippen molar-refractivity contribution in [3.63, 3.8) is 0 Å². The second kappa shape index (κ2) is 15.4. The number of hydrogen-bond acceptors (Lipinski definition) is 8. The molecule has 13 heteroatoms. The fourth-order valence-corrected chi connectivity index (χ4v) is 6.37. The first kappa shape index (κ1) is 36.3. The van der Waals surface area contributed by atoms with Gasteiger partial charge in [0.05, 0.1) is 39.0 Å². The number of rotatable bonds is 14. The number of halogens is 1. The van der Waals surface area contributed by atoms with Gasteiger partial charge in [-0.3, -0.25) is 13.9 Å². The SMILES string of the molecule is CCC(C(=O)NC(C)(C)C)N(Cc1ccc(OC)cc1)C(=O)CN(c1cc(Cl)ccc1OC)S(=O)(=O)c1ccc(OC)c(OC)c1. The van der Waals surface area contributed by atoms with Crippen molar-refractivity contribution in [3.8, 4) is 23.0 Å². The molecule has 1 atom stereocenters. The molecule has 0 radical (unpaired) electrons. The number of hydrogen-bond donors (Lipinski definition) is 1. The van der Waals surface area contributed by atoms with Crippen LogP contribution in [0.2, 0.25) is 5.02 Å². The quantitative estimate of drug-likeness (QED) is 0.245. The average molecular weight is 676 g/mol. The van der Waals surface area contributed by atoms with Crippen LogP contribution in [0, 0.1) is 0 Å². The van der Waals surface area contributed by atoms with E-state index in [2.05, 4.69) is 5.32 Å². The van der Waals surface area contributed by atoms with E-state index in [1.807, 2.05) is 20.8 Å². The van der Waals surface area contributed by atoms with Crippen molar-refractivity contribution in [2.24, 2.45) is 0 Å². The number of benzene rings is 3. The van der Waals surface area contributed by atoms with Gasteiger partial charge in [0.15, 0.2) is 11.5 Å². The molecule has 3 aromatic carbocycles. The predicted octanol–water partition coefficient (Wildman–Crippen LogP) is 5.29. The summed E-state index contributed by atoms with van der Waals surface area (Å²) in [5, 5.41) is 3.18. The van der Waals surface area contributed by atoms with E-state index >= 15 is 0 Å². The van der Waals surface area contributed by atoms with Gasteiger partial charge in [-0.15, -0.1) is 0 Å². The highest BCUT2D eigenvalue weighted by molar-refractivity contribution is 7.92. The maximum absolute atomic E-state index is 14.4. The van der Waals surface area contributed by atoms with E-state index in [1.165, 1.54) is 56.6 Å². The molecule has 1 unspecified atom stereocenters. The third-order valence-corrected chi connectivity index (χ3v) is 9.02. The lowest BCUT2D eigenvalue weighted by Gasteiger charge is -2.35. The molecule has 46 heavy (non-hydrogen) atoms. The molecular formula is C33H42ClN3O8S. The largest absolute Gasteiger partial charge is 0.497 e. The molecular weight excluding hydrogens is 634 g/mol. The number of carbonyl (C=O) groups excluding carboxylic acids is 2. The van der Waals surface area contributed by atoms with E-state index in [9.17, 15) is 18.0 Å². The molecule has 0 aromatic heterocycles. The van der Waals surface area contributed by atoms with Crippen molar-refractivity contribution < 1.29 is 37.0 Å². The lowest BCUT2D eigenvalue weighted by molar-refractivity contribution is -0.141. The van der Waals surface area contributed by atoms with Crippen molar-refractivity contribution in [3.05, 3.63) is 71.2 Å². The standard InChI is InChI=1S/C33H42ClN3O8S/c1-9-26(32(39)35-33(2,3)4)36(20-22-10-13-24(42-5)14-11-22)31(38)21-37(27-18-23(34)12-16-28(27)43-6)46(40,41)25-15-17-29(44-7)30(19-25)45-8/h10-19,26H,9,20-21H2,1-8H3,(H,35,39). The Labute approximate surface area is 276 Å². The van der Waals surface area contributed by atoms with Gasteiger partial charge in [0.2, 0.25) is 11.8 Å². The molecule has 0 aliphatic heterocycles. The van der Waals surface area contributed by atoms with Gasteiger partial charge < -0.3 is 29.2 Å². The van der Waals surface area contributed by atoms with Crippen LogP contribution in [-0.2, 0) is 26.2 Å². The first-order valence-electron chi connectivity index (χ1n) is 14.5. The van der Waals surface area contributed by atoms with Crippen molar-refractivity contribution in [1.82, 2.24) is 10.2 Å². The Kier molecular flexibility index (Phi) is 12.2. The maximum Gasteiger partial charge on any atom is 0.265 e. The molecule has 2 amide bonds. The first-order valence-corrected chi connectivity index (χ1v) is 16.3. The molecule has 11 nitrogen and oxygen atoms in total. The number of methoxy groups -OCH3 is 4. The summed E-state index contributed by atoms with van der Waals surface area (Å²) in [6.45, 7) is 6.67. The number of ether oxygens (including phenoxy) is 4. The van der Waals surface area contributed by atoms with Crippen LogP contribution in [0.3, 0.4) is 0 Å². The minimum atomic E-state index is -4.46. The molecule has 0 aliphatic carbocycles. The van der Waals surface area contributed by atoms with E-state index in [4.69, 9.17) is 30.5 Å². The van der Waals surface area contributed by atoms with Gasteiger partial charge in [0, 0.05) is 23.2 Å². The minimum absolute atomic E-state index is 0.0236. The summed E-state index contributed by atoms with van der Waals surface area (Å²) in [7, 11) is 1.30. The van der Waals surface area contributed by atoms with Crippen LogP contribution in [0.5, 0.6) is 23.0 Å². The molecule has 1 N–H and O–H groups in total. The Morgan fingerprint density at radius 2 is 1.46 bits per heavy atom. The maximum atomic E-state index is 14.4. The molecule has 0 spiro atoms. The third-order valence-electron chi connectivity index (χ3n) is 7.03. The Bertz CT molecular complexity index is 1620. The summed E-state index contributed by atoms with van der Waals surface area (Å²) in [5.74, 6) is 0.300. The number of anilines is 1. The molecule has 0 bridgehead atoms. The summed E-state index contributed by atoms with van der Waals surface area (Å²) in [5.41, 5.74) is 0.177. The lowest BCUT2D eigenvalue weighted by Crippen LogP contribution is -2.55. The van der Waals surface area contributed by atoms with Crippen molar-refractivity contribution in [2.45, 2.75) is 57.1 Å². The van der Waals surface area contributed by atoms with Gasteiger partial charge >= 0.3 is 0 Å². The van der Waals surface area contributed by atoms with Crippen LogP contribution in [0.15, 0.2) is 65.6 Å². The van der Waals surface area contributed by atoms with Crippen LogP contribution in [0.25, 0.3) is 0 Å². The second-order valence-corrected chi connectivity index (χ2v) is 13.7. The fraction of sp³-hybridized carbons (Fsp3) is 0.394. The van der Waals surface area contributed by atoms with E-state index < -0.39 is 34.1 Å². The molecule has 0 fully saturated rings. The average Bonchev–Trinajstić information content (AvgIpc) is 3.02. The van der Waals surface area contributed by atoms with Crippen molar-refractivity contribution >= 4 is 39.1 Å². The molecule has 0 heterocycles. The van der Waals surface area contributed by atoms with Crippen LogP contribution >= 0.6 is 11.6 Å². The highest BCUT2D eigenvalue weighted by Gasteiger charge is 2.36. The summed E-state index contributed by atoms with van der Waals surface area (Å²) in [6, 6.07) is 14.7. The zero-order valence-electron chi connectivity index (χ0n) is 27.4. The van der Waals surface area contributed by atoms with Crippen LogP contribution < -0.4 is 28.6 Å². The zero-order chi connectivity index (χ0) is 34.2. The first-order chi connectivity index (χ1) is 21.7. The molecule has 0 saturated heterocycles. The van der Waals surface area contributed by atoms with E-state index in [-0.39, 0.29) is 46.0 Å². The Morgan fingerprint density at radius 1 is 0.848 bits per heavy atom. The Balaban J connectivity index is 2.18. The van der Waals surface area contributed by atoms with E-state index in [1.54, 1.807) is 44.4 Å². The smallest absolute Gasteiger partial charge is 0.265 e. The highest BCUT2D eigenvalue weighted by atomic mass is 35.5. The molecule has 0 aliphatic rings. The van der Waals surface area contributed by atoms with Gasteiger partial charge in [0.1, 0.15) is 24.1 Å². The predicted molar refractivity (Wildman–Crippen MR) is 178 cm³/mol. The molecule has 3 aromatic rings. The van der Waals surface area contributed by atoms with Crippen LogP contribution in [0.4, 0.5) is 5.69 Å². The minimum Gasteiger partial charge on any atom is -0.497 e. The zero-order valence-corrected chi connectivity index (χ0v) is 29.0. The summed E-state index contributed by atoms with van der Waals surface area (Å²) in [6.07, 6.45) is 0.271. The van der Waals surface area contributed by atoms with E-state index in [0.717, 1.165) is 4.31 Å². The van der Waals surface area contributed by atoms with Crippen LogP contribution in [-0.4, -0.2) is 71.7 Å². The summed E-state index contributed by atoms with van der Waals surface area (Å²) < 4.78 is 51.1. The Morgan fingerprint density at radius 3 is 2.00 bits per heavy atom. The normalized spacial score (nSPS) is 12.1. The monoisotopic (exact) mass is 675 g/mol. The number of amides is 2. The number of sulfonamides is 1. The summed E-state index contributed by atoms with van der Waals surface area (Å²) in [4.78, 5) is 29.2. The highest BCUT2D eigenvalue weighted by Crippen LogP contribution is 2.37. The topological polar surface area (TPSA) is 124 Å². The van der Waals surface area contributed by atoms with Gasteiger partial charge in [-0.25, -0.2) is 8.42 Å². The number of nitrogens with one attached hydrogen (secondary N) is 1. The number of nitrogens with zero attached hydrogens (tertiary/aromatic N) is 2. The van der Waals surface area contributed by atoms with Gasteiger partial charge in [-0.1, -0.05) is 30.7 Å².